The van der Waals surface area contributed by atoms with E-state index in [4.69, 9.17) is 11.6 Å². The number of amides is 1. The lowest BCUT2D eigenvalue weighted by molar-refractivity contribution is -0.385. The fourth-order valence-corrected chi connectivity index (χ4v) is 2.92. The van der Waals surface area contributed by atoms with Gasteiger partial charge in [0.05, 0.1) is 10.5 Å². The summed E-state index contributed by atoms with van der Waals surface area (Å²) in [6.45, 7) is 0. The fourth-order valence-electron chi connectivity index (χ4n) is 2.05. The summed E-state index contributed by atoms with van der Waals surface area (Å²) in [4.78, 5) is 22.5. The minimum Gasteiger partial charge on any atom is -0.346 e. The van der Waals surface area contributed by atoms with E-state index in [0.717, 1.165) is 19.3 Å². The van der Waals surface area contributed by atoms with Crippen molar-refractivity contribution in [3.8, 4) is 0 Å². The lowest BCUT2D eigenvalue weighted by atomic mass is 9.78. The highest BCUT2D eigenvalue weighted by Crippen LogP contribution is 2.34. The molecule has 0 bridgehead atoms. The van der Waals surface area contributed by atoms with Crippen molar-refractivity contribution in [2.75, 3.05) is 5.33 Å². The molecule has 0 atom stereocenters. The highest BCUT2D eigenvalue weighted by Gasteiger charge is 2.38. The van der Waals surface area contributed by atoms with Crippen molar-refractivity contribution in [3.05, 3.63) is 38.9 Å². The first-order chi connectivity index (χ1) is 8.97. The molecular formula is C12H12BrClN2O3. The third-order valence-corrected chi connectivity index (χ3v) is 4.65. The molecule has 5 nitrogen and oxygen atoms in total. The van der Waals surface area contributed by atoms with Crippen molar-refractivity contribution in [2.24, 2.45) is 0 Å². The van der Waals surface area contributed by atoms with Crippen LogP contribution in [0, 0.1) is 10.1 Å². The normalized spacial score (nSPS) is 16.5. The van der Waals surface area contributed by atoms with Gasteiger partial charge in [0.15, 0.2) is 0 Å². The third-order valence-electron chi connectivity index (χ3n) is 3.35. The van der Waals surface area contributed by atoms with Crippen LogP contribution < -0.4 is 5.32 Å². The summed E-state index contributed by atoms with van der Waals surface area (Å²) in [5, 5.41) is 14.7. The van der Waals surface area contributed by atoms with Crippen LogP contribution in [0.5, 0.6) is 0 Å². The Balaban J connectivity index is 2.26. The van der Waals surface area contributed by atoms with Crippen LogP contribution in [0.1, 0.15) is 29.6 Å². The first-order valence-corrected chi connectivity index (χ1v) is 7.30. The predicted molar refractivity (Wildman–Crippen MR) is 75.9 cm³/mol. The Bertz CT molecular complexity index is 526. The molecule has 0 aromatic heterocycles. The number of hydrogen-bond acceptors (Lipinski definition) is 3. The minimum atomic E-state index is -0.595. The standard InChI is InChI=1S/C12H12BrClN2O3/c13-7-12(4-1-5-12)15-11(17)9-3-2-8(14)6-10(9)16(18)19/h2-3,6H,1,4-5,7H2,(H,15,17). The maximum Gasteiger partial charge on any atom is 0.283 e. The highest BCUT2D eigenvalue weighted by molar-refractivity contribution is 9.09. The lowest BCUT2D eigenvalue weighted by Gasteiger charge is -2.41. The van der Waals surface area contributed by atoms with Gasteiger partial charge in [-0.1, -0.05) is 27.5 Å². The van der Waals surface area contributed by atoms with Gasteiger partial charge >= 0.3 is 0 Å². The van der Waals surface area contributed by atoms with Crippen molar-refractivity contribution in [1.29, 1.82) is 0 Å². The van der Waals surface area contributed by atoms with Crippen LogP contribution >= 0.6 is 27.5 Å². The number of carbonyl (C=O) groups is 1. The molecule has 1 amide bonds. The average Bonchev–Trinajstić information content (AvgIpc) is 2.33. The number of carbonyl (C=O) groups excluding carboxylic acids is 1. The molecule has 1 aliphatic carbocycles. The molecule has 2 rings (SSSR count). The topological polar surface area (TPSA) is 72.2 Å². The van der Waals surface area contributed by atoms with E-state index < -0.39 is 10.8 Å². The zero-order valence-electron chi connectivity index (χ0n) is 9.99. The van der Waals surface area contributed by atoms with Crippen molar-refractivity contribution < 1.29 is 9.72 Å². The molecular weight excluding hydrogens is 336 g/mol. The zero-order chi connectivity index (χ0) is 14.0. The number of alkyl halides is 1. The van der Waals surface area contributed by atoms with E-state index in [1.165, 1.54) is 18.2 Å². The van der Waals surface area contributed by atoms with E-state index in [0.29, 0.717) is 5.33 Å². The maximum atomic E-state index is 12.2. The van der Waals surface area contributed by atoms with Crippen molar-refractivity contribution in [2.45, 2.75) is 24.8 Å². The molecule has 102 valence electrons. The molecule has 7 heteroatoms. The number of hydrogen-bond donors (Lipinski definition) is 1. The molecule has 0 aliphatic heterocycles. The van der Waals surface area contributed by atoms with Gasteiger partial charge in [-0.3, -0.25) is 14.9 Å². The number of benzene rings is 1. The van der Waals surface area contributed by atoms with Gasteiger partial charge in [0, 0.05) is 16.4 Å². The molecule has 0 radical (unpaired) electrons. The molecule has 1 aromatic carbocycles. The van der Waals surface area contributed by atoms with E-state index in [1.54, 1.807) is 0 Å². The number of nitrogens with zero attached hydrogens (tertiary/aromatic N) is 1. The summed E-state index contributed by atoms with van der Waals surface area (Å²) in [6.07, 6.45) is 2.81. The van der Waals surface area contributed by atoms with Crippen LogP contribution in [-0.2, 0) is 0 Å². The summed E-state index contributed by atoms with van der Waals surface area (Å²) in [5.74, 6) is -0.428. The second-order valence-electron chi connectivity index (χ2n) is 4.64. The van der Waals surface area contributed by atoms with Gasteiger partial charge < -0.3 is 5.32 Å². The monoisotopic (exact) mass is 346 g/mol. The summed E-state index contributed by atoms with van der Waals surface area (Å²) >= 11 is 9.09. The zero-order valence-corrected chi connectivity index (χ0v) is 12.3. The molecule has 1 fully saturated rings. The van der Waals surface area contributed by atoms with Crippen LogP contribution in [0.15, 0.2) is 18.2 Å². The smallest absolute Gasteiger partial charge is 0.283 e. The molecule has 1 N–H and O–H groups in total. The Hall–Kier alpha value is -1.14. The Labute approximate surface area is 123 Å². The van der Waals surface area contributed by atoms with Crippen molar-refractivity contribution >= 4 is 39.1 Å². The fraction of sp³-hybridized carbons (Fsp3) is 0.417. The van der Waals surface area contributed by atoms with Gasteiger partial charge in [0.2, 0.25) is 0 Å². The first-order valence-electron chi connectivity index (χ1n) is 5.80. The summed E-state index contributed by atoms with van der Waals surface area (Å²) < 4.78 is 0. The molecule has 19 heavy (non-hydrogen) atoms. The Morgan fingerprint density at radius 2 is 2.21 bits per heavy atom. The quantitative estimate of drug-likeness (QED) is 0.516. The van der Waals surface area contributed by atoms with Crippen molar-refractivity contribution in [1.82, 2.24) is 5.32 Å². The number of nitro groups is 1. The summed E-state index contributed by atoms with van der Waals surface area (Å²) in [6, 6.07) is 4.06. The molecule has 0 spiro atoms. The molecule has 1 aliphatic rings. The van der Waals surface area contributed by atoms with Crippen LogP contribution in [0.4, 0.5) is 5.69 Å². The largest absolute Gasteiger partial charge is 0.346 e. The van der Waals surface area contributed by atoms with Crippen LogP contribution in [-0.4, -0.2) is 21.7 Å². The van der Waals surface area contributed by atoms with Crippen LogP contribution in [0.2, 0.25) is 5.02 Å². The molecule has 1 saturated carbocycles. The SMILES string of the molecule is O=C(NC1(CBr)CCC1)c1ccc(Cl)cc1[N+](=O)[O-]. The predicted octanol–water partition coefficient (Wildman–Crippen LogP) is 3.30. The molecule has 0 saturated heterocycles. The van der Waals surface area contributed by atoms with Crippen LogP contribution in [0.3, 0.4) is 0 Å². The van der Waals surface area contributed by atoms with E-state index in [9.17, 15) is 14.9 Å². The van der Waals surface area contributed by atoms with Crippen LogP contribution in [0.25, 0.3) is 0 Å². The molecule has 0 heterocycles. The molecule has 0 unspecified atom stereocenters. The molecule has 1 aromatic rings. The number of nitrogens with one attached hydrogen (secondary N) is 1. The Morgan fingerprint density at radius 1 is 1.53 bits per heavy atom. The lowest BCUT2D eigenvalue weighted by Crippen LogP contribution is -2.54. The maximum absolute atomic E-state index is 12.2. The second kappa shape index (κ2) is 5.46. The van der Waals surface area contributed by atoms with Gasteiger partial charge in [-0.05, 0) is 31.4 Å². The van der Waals surface area contributed by atoms with Gasteiger partial charge in [-0.2, -0.15) is 0 Å². The number of rotatable bonds is 4. The van der Waals surface area contributed by atoms with Gasteiger partial charge in [0.1, 0.15) is 5.56 Å². The van der Waals surface area contributed by atoms with Gasteiger partial charge in [-0.25, -0.2) is 0 Å². The number of nitro benzene ring substituents is 1. The van der Waals surface area contributed by atoms with E-state index >= 15 is 0 Å². The van der Waals surface area contributed by atoms with Gasteiger partial charge in [-0.15, -0.1) is 0 Å². The van der Waals surface area contributed by atoms with Crippen molar-refractivity contribution in [3.63, 3.8) is 0 Å². The average molecular weight is 348 g/mol. The Kier molecular flexibility index (Phi) is 4.10. The number of halogens is 2. The third kappa shape index (κ3) is 2.90. The van der Waals surface area contributed by atoms with Gasteiger partial charge in [0.25, 0.3) is 11.6 Å². The first kappa shape index (κ1) is 14.3. The summed E-state index contributed by atoms with van der Waals surface area (Å²) in [5.41, 5.74) is -0.499. The van der Waals surface area contributed by atoms with E-state index in [1.807, 2.05) is 0 Å². The highest BCUT2D eigenvalue weighted by atomic mass is 79.9. The summed E-state index contributed by atoms with van der Waals surface area (Å²) in [7, 11) is 0. The Morgan fingerprint density at radius 3 is 2.68 bits per heavy atom. The van der Waals surface area contributed by atoms with E-state index in [2.05, 4.69) is 21.2 Å². The minimum absolute atomic E-state index is 0.0432. The second-order valence-corrected chi connectivity index (χ2v) is 5.64. The van der Waals surface area contributed by atoms with E-state index in [-0.39, 0.29) is 21.8 Å².